The molecule has 0 spiro atoms. The average Bonchev–Trinajstić information content (AvgIpc) is 2.42. The van der Waals surface area contributed by atoms with Gasteiger partial charge in [-0.2, -0.15) is 0 Å². The van der Waals surface area contributed by atoms with Crippen LogP contribution >= 0.6 is 0 Å². The molecule has 1 rings (SSSR count). The lowest BCUT2D eigenvalue weighted by Gasteiger charge is -2.33. The number of hydrogen-bond acceptors (Lipinski definition) is 3. The molecule has 0 radical (unpaired) electrons. The minimum absolute atomic E-state index is 0.110. The van der Waals surface area contributed by atoms with Crippen LogP contribution < -0.4 is 0 Å². The van der Waals surface area contributed by atoms with Crippen LogP contribution in [-0.4, -0.2) is 60.5 Å². The van der Waals surface area contributed by atoms with Crippen LogP contribution in [0.15, 0.2) is 0 Å². The quantitative estimate of drug-likeness (QED) is 0.780. The molecule has 1 aliphatic rings. The fourth-order valence-electron chi connectivity index (χ4n) is 2.95. The molecule has 2 unspecified atom stereocenters. The van der Waals surface area contributed by atoms with Crippen LogP contribution in [0.4, 0.5) is 0 Å². The second-order valence-corrected chi connectivity index (χ2v) is 6.88. The van der Waals surface area contributed by atoms with E-state index in [-0.39, 0.29) is 17.7 Å². The minimum atomic E-state index is -0.754. The van der Waals surface area contributed by atoms with Crippen molar-refractivity contribution in [1.82, 2.24) is 9.80 Å². The van der Waals surface area contributed by atoms with Gasteiger partial charge in [-0.3, -0.25) is 9.59 Å². The number of nitrogens with zero attached hydrogens (tertiary/aromatic N) is 2. The fraction of sp³-hybridized carbons (Fsp3) is 0.875. The SMILES string of the molecule is CC(C)CN(CCN(C)C)C(=O)C1CCCC(C(=O)O)C1. The third-order valence-corrected chi connectivity index (χ3v) is 4.09. The molecule has 5 nitrogen and oxygen atoms in total. The summed E-state index contributed by atoms with van der Waals surface area (Å²) in [4.78, 5) is 27.9. The van der Waals surface area contributed by atoms with Crippen molar-refractivity contribution in [3.8, 4) is 0 Å². The Bertz CT molecular complexity index is 355. The predicted octanol–water partition coefficient (Wildman–Crippen LogP) is 1.92. The van der Waals surface area contributed by atoms with Crippen molar-refractivity contribution in [2.45, 2.75) is 39.5 Å². The fourth-order valence-corrected chi connectivity index (χ4v) is 2.95. The molecule has 1 N–H and O–H groups in total. The average molecular weight is 298 g/mol. The molecule has 0 aromatic rings. The Balaban J connectivity index is 2.67. The van der Waals surface area contributed by atoms with Gasteiger partial charge >= 0.3 is 5.97 Å². The Morgan fingerprint density at radius 2 is 1.76 bits per heavy atom. The van der Waals surface area contributed by atoms with Crippen molar-refractivity contribution in [1.29, 1.82) is 0 Å². The highest BCUT2D eigenvalue weighted by Gasteiger charge is 2.33. The van der Waals surface area contributed by atoms with E-state index in [2.05, 4.69) is 18.7 Å². The van der Waals surface area contributed by atoms with Gasteiger partial charge in [-0.05, 0) is 39.3 Å². The minimum Gasteiger partial charge on any atom is -0.481 e. The van der Waals surface area contributed by atoms with E-state index in [1.807, 2.05) is 19.0 Å². The zero-order chi connectivity index (χ0) is 16.0. The molecule has 0 bridgehead atoms. The second kappa shape index (κ2) is 8.37. The summed E-state index contributed by atoms with van der Waals surface area (Å²) in [6, 6.07) is 0. The zero-order valence-corrected chi connectivity index (χ0v) is 13.8. The molecule has 0 aliphatic heterocycles. The lowest BCUT2D eigenvalue weighted by Crippen LogP contribution is -2.43. The largest absolute Gasteiger partial charge is 0.481 e. The predicted molar refractivity (Wildman–Crippen MR) is 83.1 cm³/mol. The molecule has 21 heavy (non-hydrogen) atoms. The molecule has 0 saturated heterocycles. The van der Waals surface area contributed by atoms with Gasteiger partial charge in [0, 0.05) is 25.6 Å². The van der Waals surface area contributed by atoms with Crippen LogP contribution in [0.5, 0.6) is 0 Å². The van der Waals surface area contributed by atoms with Crippen LogP contribution in [0.3, 0.4) is 0 Å². The number of likely N-dealkylation sites (N-methyl/N-ethyl adjacent to an activating group) is 1. The highest BCUT2D eigenvalue weighted by molar-refractivity contribution is 5.80. The van der Waals surface area contributed by atoms with E-state index >= 15 is 0 Å². The summed E-state index contributed by atoms with van der Waals surface area (Å²) >= 11 is 0. The number of amides is 1. The summed E-state index contributed by atoms with van der Waals surface area (Å²) in [5.74, 6) is -0.633. The molecule has 122 valence electrons. The third kappa shape index (κ3) is 6.04. The first-order valence-electron chi connectivity index (χ1n) is 7.97. The normalized spacial score (nSPS) is 22.6. The van der Waals surface area contributed by atoms with E-state index in [4.69, 9.17) is 5.11 Å². The van der Waals surface area contributed by atoms with E-state index in [0.717, 1.165) is 32.5 Å². The molecular weight excluding hydrogens is 268 g/mol. The van der Waals surface area contributed by atoms with E-state index < -0.39 is 5.97 Å². The highest BCUT2D eigenvalue weighted by atomic mass is 16.4. The summed E-state index contributed by atoms with van der Waals surface area (Å²) in [6.45, 7) is 6.53. The van der Waals surface area contributed by atoms with E-state index in [9.17, 15) is 9.59 Å². The maximum Gasteiger partial charge on any atom is 0.306 e. The Morgan fingerprint density at radius 3 is 2.29 bits per heavy atom. The van der Waals surface area contributed by atoms with E-state index in [1.165, 1.54) is 0 Å². The lowest BCUT2D eigenvalue weighted by atomic mass is 9.80. The van der Waals surface area contributed by atoms with E-state index in [0.29, 0.717) is 18.8 Å². The topological polar surface area (TPSA) is 60.9 Å². The van der Waals surface area contributed by atoms with Crippen LogP contribution in [-0.2, 0) is 9.59 Å². The van der Waals surface area contributed by atoms with Gasteiger partial charge in [0.25, 0.3) is 0 Å². The van der Waals surface area contributed by atoms with Crippen molar-refractivity contribution in [3.63, 3.8) is 0 Å². The number of carbonyl (C=O) groups excluding carboxylic acids is 1. The first kappa shape index (κ1) is 18.0. The molecule has 1 fully saturated rings. The molecule has 0 heterocycles. The molecule has 5 heteroatoms. The maximum absolute atomic E-state index is 12.7. The summed E-state index contributed by atoms with van der Waals surface area (Å²) in [5, 5.41) is 9.17. The van der Waals surface area contributed by atoms with Crippen molar-refractivity contribution in [3.05, 3.63) is 0 Å². The standard InChI is InChI=1S/C16H30N2O3/c1-12(2)11-18(9-8-17(3)4)15(19)13-6-5-7-14(10-13)16(20)21/h12-14H,5-11H2,1-4H3,(H,20,21). The van der Waals surface area contributed by atoms with Crippen LogP contribution in [0.1, 0.15) is 39.5 Å². The first-order chi connectivity index (χ1) is 9.81. The van der Waals surface area contributed by atoms with Gasteiger partial charge in [-0.25, -0.2) is 0 Å². The van der Waals surface area contributed by atoms with Crippen molar-refractivity contribution >= 4 is 11.9 Å². The Labute approximate surface area is 128 Å². The molecule has 1 amide bonds. The smallest absolute Gasteiger partial charge is 0.306 e. The lowest BCUT2D eigenvalue weighted by molar-refractivity contribution is -0.145. The van der Waals surface area contributed by atoms with Gasteiger partial charge < -0.3 is 14.9 Å². The monoisotopic (exact) mass is 298 g/mol. The van der Waals surface area contributed by atoms with Gasteiger partial charge in [0.05, 0.1) is 5.92 Å². The maximum atomic E-state index is 12.7. The Kier molecular flexibility index (Phi) is 7.15. The van der Waals surface area contributed by atoms with Crippen molar-refractivity contribution < 1.29 is 14.7 Å². The number of rotatable bonds is 7. The number of hydrogen-bond donors (Lipinski definition) is 1. The van der Waals surface area contributed by atoms with E-state index in [1.54, 1.807) is 0 Å². The first-order valence-corrected chi connectivity index (χ1v) is 7.97. The van der Waals surface area contributed by atoms with Crippen LogP contribution in [0.25, 0.3) is 0 Å². The Hall–Kier alpha value is -1.10. The van der Waals surface area contributed by atoms with Crippen LogP contribution in [0, 0.1) is 17.8 Å². The third-order valence-electron chi connectivity index (χ3n) is 4.09. The summed E-state index contributed by atoms with van der Waals surface area (Å²) in [5.41, 5.74) is 0. The number of aliphatic carboxylic acids is 1. The molecular formula is C16H30N2O3. The molecule has 1 saturated carbocycles. The van der Waals surface area contributed by atoms with Crippen LogP contribution in [0.2, 0.25) is 0 Å². The summed E-state index contributed by atoms with van der Waals surface area (Å²) in [6.07, 6.45) is 2.89. The van der Waals surface area contributed by atoms with Crippen molar-refractivity contribution in [2.75, 3.05) is 33.7 Å². The van der Waals surface area contributed by atoms with Gasteiger partial charge in [-0.15, -0.1) is 0 Å². The van der Waals surface area contributed by atoms with Gasteiger partial charge in [0.15, 0.2) is 0 Å². The summed E-state index contributed by atoms with van der Waals surface area (Å²) < 4.78 is 0. The molecule has 1 aliphatic carbocycles. The molecule has 0 aromatic heterocycles. The highest BCUT2D eigenvalue weighted by Crippen LogP contribution is 2.30. The van der Waals surface area contributed by atoms with Gasteiger partial charge in [0.1, 0.15) is 0 Å². The Morgan fingerprint density at radius 1 is 1.14 bits per heavy atom. The van der Waals surface area contributed by atoms with Gasteiger partial charge in [-0.1, -0.05) is 20.3 Å². The number of carboxylic acid groups (broad SMARTS) is 1. The van der Waals surface area contributed by atoms with Gasteiger partial charge in [0.2, 0.25) is 5.91 Å². The van der Waals surface area contributed by atoms with Crippen molar-refractivity contribution in [2.24, 2.45) is 17.8 Å². The molecule has 2 atom stereocenters. The zero-order valence-electron chi connectivity index (χ0n) is 13.8. The number of carbonyl (C=O) groups is 2. The second-order valence-electron chi connectivity index (χ2n) is 6.88. The molecule has 0 aromatic carbocycles. The number of carboxylic acids is 1. The summed E-state index contributed by atoms with van der Waals surface area (Å²) in [7, 11) is 4.00.